The van der Waals surface area contributed by atoms with Gasteiger partial charge in [-0.2, -0.15) is 0 Å². The molecule has 1 heterocycles. The van der Waals surface area contributed by atoms with Crippen LogP contribution >= 0.6 is 11.6 Å². The van der Waals surface area contributed by atoms with Gasteiger partial charge in [-0.3, -0.25) is 4.79 Å². The first kappa shape index (κ1) is 14.1. The first-order valence-electron chi connectivity index (χ1n) is 7.06. The minimum Gasteiger partial charge on any atom is -0.368 e. The van der Waals surface area contributed by atoms with Crippen LogP contribution in [0, 0.1) is 11.8 Å². The molecule has 3 nitrogen and oxygen atoms in total. The third-order valence-corrected chi connectivity index (χ3v) is 4.89. The molecule has 2 rings (SSSR count). The molecule has 1 amide bonds. The van der Waals surface area contributed by atoms with Crippen LogP contribution in [0.25, 0.3) is 0 Å². The normalized spacial score (nSPS) is 40.7. The highest BCUT2D eigenvalue weighted by atomic mass is 35.5. The van der Waals surface area contributed by atoms with Gasteiger partial charge in [0.25, 0.3) is 0 Å². The van der Waals surface area contributed by atoms with E-state index in [1.54, 1.807) is 0 Å². The summed E-state index contributed by atoms with van der Waals surface area (Å²) in [6.45, 7) is 5.01. The molecule has 0 spiro atoms. The summed E-state index contributed by atoms with van der Waals surface area (Å²) in [4.78, 5) is 12.3. The van der Waals surface area contributed by atoms with E-state index in [0.29, 0.717) is 24.3 Å². The zero-order valence-electron chi connectivity index (χ0n) is 11.4. The van der Waals surface area contributed by atoms with Crippen molar-refractivity contribution in [3.05, 3.63) is 0 Å². The van der Waals surface area contributed by atoms with Gasteiger partial charge < -0.3 is 10.1 Å². The maximum absolute atomic E-state index is 12.3. The van der Waals surface area contributed by atoms with Crippen molar-refractivity contribution >= 4 is 17.5 Å². The average molecular weight is 274 g/mol. The average Bonchev–Trinajstić information content (AvgIpc) is 2.75. The molecule has 4 heteroatoms. The third kappa shape index (κ3) is 3.00. The van der Waals surface area contributed by atoms with Crippen molar-refractivity contribution in [3.8, 4) is 0 Å². The number of carbonyl (C=O) groups excluding carboxylic acids is 1. The van der Waals surface area contributed by atoms with Crippen molar-refractivity contribution in [1.29, 1.82) is 0 Å². The van der Waals surface area contributed by atoms with Gasteiger partial charge in [-0.25, -0.2) is 0 Å². The summed E-state index contributed by atoms with van der Waals surface area (Å²) in [5.41, 5.74) is -0.206. The Morgan fingerprint density at radius 3 is 2.78 bits per heavy atom. The third-order valence-electron chi connectivity index (χ3n) is 4.38. The second kappa shape index (κ2) is 5.79. The van der Waals surface area contributed by atoms with Gasteiger partial charge in [0.1, 0.15) is 6.10 Å². The van der Waals surface area contributed by atoms with Crippen LogP contribution in [0.5, 0.6) is 0 Å². The Labute approximate surface area is 115 Å². The molecule has 18 heavy (non-hydrogen) atoms. The Morgan fingerprint density at radius 1 is 1.44 bits per heavy atom. The van der Waals surface area contributed by atoms with Crippen molar-refractivity contribution in [2.75, 3.05) is 12.5 Å². The summed E-state index contributed by atoms with van der Waals surface area (Å²) in [6, 6.07) is 0. The van der Waals surface area contributed by atoms with E-state index in [-0.39, 0.29) is 17.6 Å². The fourth-order valence-corrected chi connectivity index (χ4v) is 3.60. The van der Waals surface area contributed by atoms with Crippen molar-refractivity contribution in [3.63, 3.8) is 0 Å². The molecular weight excluding hydrogens is 250 g/mol. The Balaban J connectivity index is 1.99. The number of ether oxygens (including phenoxy) is 1. The molecule has 1 N–H and O–H groups in total. The standard InChI is InChI=1S/C14H24ClNO2/c1-10-4-3-6-14(8-10,9-15)16-13(17)12-11(2)5-7-18-12/h10-12H,3-9H2,1-2H3,(H,16,17). The molecule has 2 aliphatic rings. The SMILES string of the molecule is CC1CCCC(CCl)(NC(=O)C2OCCC2C)C1. The predicted molar refractivity (Wildman–Crippen MR) is 72.7 cm³/mol. The second-order valence-corrected chi connectivity index (χ2v) is 6.43. The highest BCUT2D eigenvalue weighted by molar-refractivity contribution is 6.18. The number of hydrogen-bond donors (Lipinski definition) is 1. The van der Waals surface area contributed by atoms with Crippen LogP contribution in [0.2, 0.25) is 0 Å². The predicted octanol–water partition coefficient (Wildman–Crippen LogP) is 2.72. The monoisotopic (exact) mass is 273 g/mol. The van der Waals surface area contributed by atoms with Crippen LogP contribution in [0.15, 0.2) is 0 Å². The molecule has 1 aliphatic carbocycles. The van der Waals surface area contributed by atoms with Crippen LogP contribution < -0.4 is 5.32 Å². The van der Waals surface area contributed by atoms with E-state index in [9.17, 15) is 4.79 Å². The van der Waals surface area contributed by atoms with Crippen LogP contribution in [0.4, 0.5) is 0 Å². The Morgan fingerprint density at radius 2 is 2.22 bits per heavy atom. The Bertz CT molecular complexity index is 310. The van der Waals surface area contributed by atoms with Gasteiger partial charge in [0.2, 0.25) is 5.91 Å². The van der Waals surface area contributed by atoms with Gasteiger partial charge >= 0.3 is 0 Å². The van der Waals surface area contributed by atoms with E-state index in [0.717, 1.165) is 25.7 Å². The van der Waals surface area contributed by atoms with Gasteiger partial charge in [0, 0.05) is 12.5 Å². The van der Waals surface area contributed by atoms with Gasteiger partial charge in [0.15, 0.2) is 0 Å². The molecular formula is C14H24ClNO2. The van der Waals surface area contributed by atoms with Crippen LogP contribution in [-0.2, 0) is 9.53 Å². The van der Waals surface area contributed by atoms with Crippen LogP contribution in [-0.4, -0.2) is 30.0 Å². The number of carbonyl (C=O) groups is 1. The van der Waals surface area contributed by atoms with Crippen molar-refractivity contribution in [1.82, 2.24) is 5.32 Å². The van der Waals surface area contributed by atoms with Crippen LogP contribution in [0.3, 0.4) is 0 Å². The molecule has 4 atom stereocenters. The zero-order chi connectivity index (χ0) is 13.2. The first-order chi connectivity index (χ1) is 8.56. The molecule has 0 bridgehead atoms. The molecule has 0 aromatic rings. The maximum Gasteiger partial charge on any atom is 0.249 e. The summed E-state index contributed by atoms with van der Waals surface area (Å²) in [6.07, 6.45) is 5.07. The summed E-state index contributed by atoms with van der Waals surface area (Å²) in [5.74, 6) is 1.50. The lowest BCUT2D eigenvalue weighted by Gasteiger charge is -2.40. The van der Waals surface area contributed by atoms with E-state index in [1.165, 1.54) is 6.42 Å². The smallest absolute Gasteiger partial charge is 0.249 e. The lowest BCUT2D eigenvalue weighted by atomic mass is 9.77. The van der Waals surface area contributed by atoms with Crippen molar-refractivity contribution < 1.29 is 9.53 Å². The fourth-order valence-electron chi connectivity index (χ4n) is 3.29. The van der Waals surface area contributed by atoms with E-state index in [1.807, 2.05) is 0 Å². The number of nitrogens with one attached hydrogen (secondary N) is 1. The van der Waals surface area contributed by atoms with Crippen molar-refractivity contribution in [2.45, 2.75) is 57.6 Å². The van der Waals surface area contributed by atoms with Gasteiger partial charge in [-0.15, -0.1) is 11.6 Å². The quantitative estimate of drug-likeness (QED) is 0.803. The summed E-state index contributed by atoms with van der Waals surface area (Å²) in [7, 11) is 0. The Kier molecular flexibility index (Phi) is 4.54. The molecule has 0 aromatic carbocycles. The van der Waals surface area contributed by atoms with Crippen LogP contribution in [0.1, 0.15) is 46.0 Å². The molecule has 1 saturated carbocycles. The fraction of sp³-hybridized carbons (Fsp3) is 0.929. The minimum atomic E-state index is -0.276. The number of rotatable bonds is 3. The van der Waals surface area contributed by atoms with Gasteiger partial charge in [0.05, 0.1) is 5.54 Å². The topological polar surface area (TPSA) is 38.3 Å². The van der Waals surface area contributed by atoms with E-state index >= 15 is 0 Å². The summed E-state index contributed by atoms with van der Waals surface area (Å²) >= 11 is 6.13. The number of halogens is 1. The highest BCUT2D eigenvalue weighted by Gasteiger charge is 2.39. The second-order valence-electron chi connectivity index (χ2n) is 6.16. The Hall–Kier alpha value is -0.280. The number of amides is 1. The van der Waals surface area contributed by atoms with Crippen molar-refractivity contribution in [2.24, 2.45) is 11.8 Å². The molecule has 1 aliphatic heterocycles. The number of alkyl halides is 1. The molecule has 1 saturated heterocycles. The molecule has 4 unspecified atom stereocenters. The summed E-state index contributed by atoms with van der Waals surface area (Å²) in [5, 5.41) is 3.19. The maximum atomic E-state index is 12.3. The lowest BCUT2D eigenvalue weighted by molar-refractivity contribution is -0.133. The minimum absolute atomic E-state index is 0.0368. The van der Waals surface area contributed by atoms with Gasteiger partial charge in [-0.1, -0.05) is 26.7 Å². The molecule has 104 valence electrons. The summed E-state index contributed by atoms with van der Waals surface area (Å²) < 4.78 is 5.53. The zero-order valence-corrected chi connectivity index (χ0v) is 12.1. The van der Waals surface area contributed by atoms with E-state index in [4.69, 9.17) is 16.3 Å². The largest absolute Gasteiger partial charge is 0.368 e. The highest BCUT2D eigenvalue weighted by Crippen LogP contribution is 2.34. The molecule has 0 radical (unpaired) electrons. The number of hydrogen-bond acceptors (Lipinski definition) is 2. The van der Waals surface area contributed by atoms with E-state index in [2.05, 4.69) is 19.2 Å². The first-order valence-corrected chi connectivity index (χ1v) is 7.59. The molecule has 2 fully saturated rings. The van der Waals surface area contributed by atoms with Gasteiger partial charge in [-0.05, 0) is 31.1 Å². The molecule has 0 aromatic heterocycles. The lowest BCUT2D eigenvalue weighted by Crippen LogP contribution is -2.55. The van der Waals surface area contributed by atoms with E-state index < -0.39 is 0 Å².